The van der Waals surface area contributed by atoms with Gasteiger partial charge in [-0.25, -0.2) is 0 Å². The molecule has 0 heterocycles. The Bertz CT molecular complexity index is 472. The summed E-state index contributed by atoms with van der Waals surface area (Å²) in [6, 6.07) is 0. The van der Waals surface area contributed by atoms with Gasteiger partial charge in [0.2, 0.25) is 0 Å². The smallest absolute Gasteiger partial charge is 0.303 e. The van der Waals surface area contributed by atoms with Crippen molar-refractivity contribution in [2.24, 2.45) is 11.8 Å². The number of hydrogen-bond donors (Lipinski definition) is 3. The van der Waals surface area contributed by atoms with Crippen LogP contribution in [0.5, 0.6) is 0 Å². The van der Waals surface area contributed by atoms with Crippen molar-refractivity contribution in [3.63, 3.8) is 0 Å². The van der Waals surface area contributed by atoms with Gasteiger partial charge in [-0.3, -0.25) is 19.2 Å². The standard InChI is InChI=1S/C17H26O7/c18-11(4-1-2-6-16(21)22)8-9-13-12(5-3-7-17(23)24)14(19)10-15(13)20/h12-13,15,20H,1-10H2,(H,21,22)(H,23,24)/t12-,13-,15-/m1/s1. The minimum Gasteiger partial charge on any atom is -0.481 e. The van der Waals surface area contributed by atoms with E-state index in [0.717, 1.165) is 0 Å². The quantitative estimate of drug-likeness (QED) is 0.461. The summed E-state index contributed by atoms with van der Waals surface area (Å²) in [5.74, 6) is -2.47. The normalized spacial score (nSPS) is 23.4. The van der Waals surface area contributed by atoms with Gasteiger partial charge >= 0.3 is 11.9 Å². The number of carbonyl (C=O) groups is 4. The van der Waals surface area contributed by atoms with Crippen LogP contribution in [0.4, 0.5) is 0 Å². The number of carbonyl (C=O) groups excluding carboxylic acids is 2. The van der Waals surface area contributed by atoms with Crippen LogP contribution in [0.3, 0.4) is 0 Å². The van der Waals surface area contributed by atoms with Gasteiger partial charge in [-0.2, -0.15) is 0 Å². The molecule has 1 saturated carbocycles. The highest BCUT2D eigenvalue weighted by atomic mass is 16.4. The predicted molar refractivity (Wildman–Crippen MR) is 84.4 cm³/mol. The van der Waals surface area contributed by atoms with Gasteiger partial charge in [0.05, 0.1) is 6.10 Å². The van der Waals surface area contributed by atoms with Crippen LogP contribution in [0.15, 0.2) is 0 Å². The molecule has 7 nitrogen and oxygen atoms in total. The average Bonchev–Trinajstić information content (AvgIpc) is 2.75. The van der Waals surface area contributed by atoms with Crippen LogP contribution in [0.1, 0.15) is 64.2 Å². The lowest BCUT2D eigenvalue weighted by molar-refractivity contribution is -0.138. The van der Waals surface area contributed by atoms with E-state index >= 15 is 0 Å². The summed E-state index contributed by atoms with van der Waals surface area (Å²) >= 11 is 0. The molecule has 0 aromatic carbocycles. The molecule has 0 amide bonds. The first-order valence-electron chi connectivity index (χ1n) is 8.47. The molecule has 0 aromatic rings. The van der Waals surface area contributed by atoms with Crippen molar-refractivity contribution in [1.82, 2.24) is 0 Å². The number of unbranched alkanes of at least 4 members (excludes halogenated alkanes) is 1. The molecule has 3 N–H and O–H groups in total. The number of carboxylic acid groups (broad SMARTS) is 2. The third-order valence-corrected chi connectivity index (χ3v) is 4.59. The SMILES string of the molecule is O=C(O)CCCCC(=O)CC[C@H]1[C@H](O)CC(=O)[C@@H]1CCCC(=O)O. The molecule has 136 valence electrons. The zero-order valence-corrected chi connectivity index (χ0v) is 13.8. The largest absolute Gasteiger partial charge is 0.481 e. The van der Waals surface area contributed by atoms with E-state index < -0.39 is 18.0 Å². The average molecular weight is 342 g/mol. The van der Waals surface area contributed by atoms with Crippen LogP contribution in [0.25, 0.3) is 0 Å². The van der Waals surface area contributed by atoms with Crippen molar-refractivity contribution < 1.29 is 34.5 Å². The fourth-order valence-corrected chi connectivity index (χ4v) is 3.31. The summed E-state index contributed by atoms with van der Waals surface area (Å²) in [4.78, 5) is 44.8. The lowest BCUT2D eigenvalue weighted by Crippen LogP contribution is -2.22. The first-order chi connectivity index (χ1) is 11.3. The van der Waals surface area contributed by atoms with Crippen molar-refractivity contribution >= 4 is 23.5 Å². The van der Waals surface area contributed by atoms with Gasteiger partial charge in [-0.15, -0.1) is 0 Å². The molecule has 0 unspecified atom stereocenters. The summed E-state index contributed by atoms with van der Waals surface area (Å²) in [7, 11) is 0. The first-order valence-corrected chi connectivity index (χ1v) is 8.47. The summed E-state index contributed by atoms with van der Waals surface area (Å²) in [5, 5.41) is 27.2. The highest BCUT2D eigenvalue weighted by Crippen LogP contribution is 2.36. The molecule has 3 atom stereocenters. The fourth-order valence-electron chi connectivity index (χ4n) is 3.31. The lowest BCUT2D eigenvalue weighted by atomic mass is 9.85. The van der Waals surface area contributed by atoms with Crippen LogP contribution in [0.2, 0.25) is 0 Å². The molecule has 0 spiro atoms. The molecule has 1 rings (SSSR count). The van der Waals surface area contributed by atoms with Crippen molar-refractivity contribution in [2.75, 3.05) is 0 Å². The number of ketones is 2. The van der Waals surface area contributed by atoms with Gasteiger partial charge in [0.25, 0.3) is 0 Å². The van der Waals surface area contributed by atoms with Gasteiger partial charge < -0.3 is 15.3 Å². The van der Waals surface area contributed by atoms with Gasteiger partial charge in [0.1, 0.15) is 11.6 Å². The minimum absolute atomic E-state index is 0.00486. The number of aliphatic hydroxyl groups excluding tert-OH is 1. The summed E-state index contributed by atoms with van der Waals surface area (Å²) < 4.78 is 0. The molecule has 0 aromatic heterocycles. The van der Waals surface area contributed by atoms with Crippen LogP contribution < -0.4 is 0 Å². The minimum atomic E-state index is -0.908. The Hall–Kier alpha value is -1.76. The van der Waals surface area contributed by atoms with Crippen molar-refractivity contribution in [3.8, 4) is 0 Å². The third-order valence-electron chi connectivity index (χ3n) is 4.59. The maximum atomic E-state index is 11.9. The van der Waals surface area contributed by atoms with E-state index in [0.29, 0.717) is 38.5 Å². The number of aliphatic carboxylic acids is 2. The molecule has 24 heavy (non-hydrogen) atoms. The second-order valence-electron chi connectivity index (χ2n) is 6.47. The highest BCUT2D eigenvalue weighted by molar-refractivity contribution is 5.84. The Morgan fingerprint density at radius 1 is 0.875 bits per heavy atom. The van der Waals surface area contributed by atoms with E-state index in [4.69, 9.17) is 10.2 Å². The molecule has 1 aliphatic carbocycles. The Balaban J connectivity index is 2.36. The number of rotatable bonds is 12. The molecule has 7 heteroatoms. The summed E-state index contributed by atoms with van der Waals surface area (Å²) in [5.41, 5.74) is 0. The Morgan fingerprint density at radius 3 is 2.08 bits per heavy atom. The second-order valence-corrected chi connectivity index (χ2v) is 6.47. The first kappa shape index (κ1) is 20.3. The van der Waals surface area contributed by atoms with Gasteiger partial charge in [-0.05, 0) is 38.0 Å². The van der Waals surface area contributed by atoms with Crippen LogP contribution in [-0.2, 0) is 19.2 Å². The molecular formula is C17H26O7. The summed E-state index contributed by atoms with van der Waals surface area (Å²) in [6.45, 7) is 0. The number of hydrogen-bond acceptors (Lipinski definition) is 5. The van der Waals surface area contributed by atoms with E-state index in [2.05, 4.69) is 0 Å². The fraction of sp³-hybridized carbons (Fsp3) is 0.765. The number of carboxylic acids is 2. The Labute approximate surface area is 141 Å². The highest BCUT2D eigenvalue weighted by Gasteiger charge is 2.40. The Morgan fingerprint density at radius 2 is 1.46 bits per heavy atom. The molecule has 0 aliphatic heterocycles. The topological polar surface area (TPSA) is 129 Å². The number of aliphatic hydroxyl groups is 1. The van der Waals surface area contributed by atoms with Crippen molar-refractivity contribution in [2.45, 2.75) is 70.3 Å². The maximum Gasteiger partial charge on any atom is 0.303 e. The van der Waals surface area contributed by atoms with Gasteiger partial charge in [-0.1, -0.05) is 0 Å². The van der Waals surface area contributed by atoms with E-state index in [1.807, 2.05) is 0 Å². The summed E-state index contributed by atoms with van der Waals surface area (Å²) in [6.07, 6.45) is 2.17. The second kappa shape index (κ2) is 10.2. The molecule has 0 saturated heterocycles. The molecule has 1 aliphatic rings. The Kier molecular flexibility index (Phi) is 8.60. The lowest BCUT2D eigenvalue weighted by Gasteiger charge is -2.20. The third kappa shape index (κ3) is 7.21. The van der Waals surface area contributed by atoms with Gasteiger partial charge in [0.15, 0.2) is 0 Å². The van der Waals surface area contributed by atoms with Crippen LogP contribution >= 0.6 is 0 Å². The van der Waals surface area contributed by atoms with Crippen LogP contribution in [-0.4, -0.2) is 44.9 Å². The zero-order valence-electron chi connectivity index (χ0n) is 13.8. The predicted octanol–water partition coefficient (Wildman–Crippen LogP) is 1.80. The van der Waals surface area contributed by atoms with E-state index in [1.54, 1.807) is 0 Å². The monoisotopic (exact) mass is 342 g/mol. The maximum absolute atomic E-state index is 11.9. The van der Waals surface area contributed by atoms with E-state index in [1.165, 1.54) is 0 Å². The van der Waals surface area contributed by atoms with Crippen LogP contribution in [0, 0.1) is 11.8 Å². The molecule has 1 fully saturated rings. The zero-order chi connectivity index (χ0) is 18.1. The van der Waals surface area contributed by atoms with E-state index in [-0.39, 0.29) is 49.1 Å². The molecular weight excluding hydrogens is 316 g/mol. The van der Waals surface area contributed by atoms with E-state index in [9.17, 15) is 24.3 Å². The molecule has 0 bridgehead atoms. The van der Waals surface area contributed by atoms with Gasteiger partial charge in [0, 0.05) is 38.0 Å². The molecule has 0 radical (unpaired) electrons. The van der Waals surface area contributed by atoms with Crippen molar-refractivity contribution in [1.29, 1.82) is 0 Å². The van der Waals surface area contributed by atoms with Crippen molar-refractivity contribution in [3.05, 3.63) is 0 Å². The number of Topliss-reactive ketones (excluding diaryl/α,β-unsaturated/α-hetero) is 2.